The van der Waals surface area contributed by atoms with Gasteiger partial charge in [-0.1, -0.05) is 35.9 Å². The highest BCUT2D eigenvalue weighted by molar-refractivity contribution is 5.93. The molecule has 0 bridgehead atoms. The van der Waals surface area contributed by atoms with Gasteiger partial charge >= 0.3 is 17.9 Å². The molecule has 0 saturated carbocycles. The van der Waals surface area contributed by atoms with Crippen LogP contribution in [0.2, 0.25) is 0 Å². The summed E-state index contributed by atoms with van der Waals surface area (Å²) in [6, 6.07) is 7.17. The first-order chi connectivity index (χ1) is 18.7. The van der Waals surface area contributed by atoms with Crippen molar-refractivity contribution in [3.63, 3.8) is 0 Å². The van der Waals surface area contributed by atoms with Crippen molar-refractivity contribution in [3.05, 3.63) is 119 Å². The summed E-state index contributed by atoms with van der Waals surface area (Å²) in [6.07, 6.45) is 14.4. The smallest absolute Gasteiger partial charge is 0.343 e. The third-order valence-corrected chi connectivity index (χ3v) is 5.71. The Kier molecular flexibility index (Phi) is 10.9. The molecular formula is C32H34O7. The maximum absolute atomic E-state index is 12.8. The second-order valence-corrected chi connectivity index (χ2v) is 9.32. The first-order valence-corrected chi connectivity index (χ1v) is 12.8. The largest absolute Gasteiger partial charge is 0.494 e. The van der Waals surface area contributed by atoms with Gasteiger partial charge in [0.15, 0.2) is 0 Å². The molecule has 0 spiro atoms. The number of benzene rings is 1. The molecular weight excluding hydrogens is 496 g/mol. The molecule has 0 radical (unpaired) electrons. The Balaban J connectivity index is 1.49. The Labute approximate surface area is 229 Å². The molecule has 0 aromatic heterocycles. The van der Waals surface area contributed by atoms with E-state index in [0.717, 1.165) is 11.1 Å². The molecule has 3 rings (SSSR count). The van der Waals surface area contributed by atoms with Gasteiger partial charge in [0.1, 0.15) is 17.3 Å². The predicted molar refractivity (Wildman–Crippen MR) is 148 cm³/mol. The van der Waals surface area contributed by atoms with E-state index < -0.39 is 11.9 Å². The minimum Gasteiger partial charge on any atom is -0.494 e. The molecule has 2 aliphatic rings. The summed E-state index contributed by atoms with van der Waals surface area (Å²) >= 11 is 0. The van der Waals surface area contributed by atoms with Crippen LogP contribution in [0.15, 0.2) is 107 Å². The quantitative estimate of drug-likeness (QED) is 0.140. The standard InChI is InChI=1S/C32H34O7/c1-22(2)30(33)37-19-6-5-18-36-27-9-7-8-25(14-15-27)31(34)38-28-16-17-29(21-24(4)20-28)39-32(35)26-12-10-23(3)11-13-26/h8-17,20H,1,5-7,18-19,21H2,2-4H3. The molecule has 0 aliphatic heterocycles. The number of allylic oxidation sites excluding steroid dienone is 7. The number of ether oxygens (including phenoxy) is 4. The van der Waals surface area contributed by atoms with Gasteiger partial charge in [-0.3, -0.25) is 0 Å². The Morgan fingerprint density at radius 2 is 1.62 bits per heavy atom. The van der Waals surface area contributed by atoms with E-state index in [1.807, 2.05) is 32.1 Å². The number of hydrogen-bond donors (Lipinski definition) is 0. The summed E-state index contributed by atoms with van der Waals surface area (Å²) in [4.78, 5) is 36.7. The molecule has 7 heteroatoms. The molecule has 0 saturated heterocycles. The number of carbonyl (C=O) groups excluding carboxylic acids is 3. The van der Waals surface area contributed by atoms with Crippen LogP contribution < -0.4 is 0 Å². The molecule has 0 fully saturated rings. The highest BCUT2D eigenvalue weighted by Gasteiger charge is 2.16. The van der Waals surface area contributed by atoms with Crippen molar-refractivity contribution in [3.8, 4) is 0 Å². The van der Waals surface area contributed by atoms with Gasteiger partial charge in [-0.25, -0.2) is 14.4 Å². The minimum atomic E-state index is -0.496. The Morgan fingerprint density at radius 3 is 2.36 bits per heavy atom. The second-order valence-electron chi connectivity index (χ2n) is 9.32. The van der Waals surface area contributed by atoms with E-state index in [9.17, 15) is 14.4 Å². The van der Waals surface area contributed by atoms with E-state index in [0.29, 0.717) is 72.9 Å². The van der Waals surface area contributed by atoms with E-state index >= 15 is 0 Å². The maximum Gasteiger partial charge on any atom is 0.343 e. The lowest BCUT2D eigenvalue weighted by molar-refractivity contribution is -0.139. The van der Waals surface area contributed by atoms with Crippen molar-refractivity contribution in [2.75, 3.05) is 13.2 Å². The van der Waals surface area contributed by atoms with Crippen molar-refractivity contribution in [1.82, 2.24) is 0 Å². The molecule has 39 heavy (non-hydrogen) atoms. The number of rotatable bonds is 11. The van der Waals surface area contributed by atoms with Crippen LogP contribution in [0, 0.1) is 6.92 Å². The zero-order valence-corrected chi connectivity index (χ0v) is 22.7. The monoisotopic (exact) mass is 530 g/mol. The van der Waals surface area contributed by atoms with Crippen molar-refractivity contribution in [1.29, 1.82) is 0 Å². The predicted octanol–water partition coefficient (Wildman–Crippen LogP) is 6.50. The van der Waals surface area contributed by atoms with Gasteiger partial charge in [-0.05, 0) is 88.6 Å². The molecule has 0 unspecified atom stereocenters. The van der Waals surface area contributed by atoms with Crippen molar-refractivity contribution < 1.29 is 33.3 Å². The molecule has 1 aromatic rings. The van der Waals surface area contributed by atoms with Gasteiger partial charge in [0, 0.05) is 12.0 Å². The highest BCUT2D eigenvalue weighted by Crippen LogP contribution is 2.22. The number of aryl methyl sites for hydroxylation is 1. The summed E-state index contributed by atoms with van der Waals surface area (Å²) in [5, 5.41) is 0. The lowest BCUT2D eigenvalue weighted by Crippen LogP contribution is -2.07. The van der Waals surface area contributed by atoms with Crippen LogP contribution in [0.3, 0.4) is 0 Å². The van der Waals surface area contributed by atoms with Gasteiger partial charge in [0.2, 0.25) is 0 Å². The fourth-order valence-electron chi connectivity index (χ4n) is 3.57. The van der Waals surface area contributed by atoms with Gasteiger partial charge in [-0.15, -0.1) is 0 Å². The van der Waals surface area contributed by atoms with Crippen LogP contribution in [-0.2, 0) is 28.5 Å². The Morgan fingerprint density at radius 1 is 0.872 bits per heavy atom. The fourth-order valence-corrected chi connectivity index (χ4v) is 3.57. The van der Waals surface area contributed by atoms with Crippen molar-refractivity contribution >= 4 is 17.9 Å². The topological polar surface area (TPSA) is 88.1 Å². The van der Waals surface area contributed by atoms with Gasteiger partial charge < -0.3 is 18.9 Å². The molecule has 0 N–H and O–H groups in total. The zero-order chi connectivity index (χ0) is 28.2. The van der Waals surface area contributed by atoms with Gasteiger partial charge in [0.25, 0.3) is 0 Å². The van der Waals surface area contributed by atoms with E-state index in [-0.39, 0.29) is 5.97 Å². The van der Waals surface area contributed by atoms with Crippen LogP contribution in [-0.4, -0.2) is 31.1 Å². The van der Waals surface area contributed by atoms with E-state index in [1.54, 1.807) is 55.5 Å². The summed E-state index contributed by atoms with van der Waals surface area (Å²) in [6.45, 7) is 9.76. The number of carbonyl (C=O) groups is 3. The van der Waals surface area contributed by atoms with Crippen LogP contribution in [0.5, 0.6) is 0 Å². The highest BCUT2D eigenvalue weighted by atomic mass is 16.5. The minimum absolute atomic E-state index is 0.317. The zero-order valence-electron chi connectivity index (χ0n) is 22.7. The summed E-state index contributed by atoms with van der Waals surface area (Å²) in [5.41, 5.74) is 3.19. The average molecular weight is 531 g/mol. The molecule has 2 aliphatic carbocycles. The third kappa shape index (κ3) is 9.78. The summed E-state index contributed by atoms with van der Waals surface area (Å²) < 4.78 is 22.0. The normalized spacial score (nSPS) is 14.8. The molecule has 0 heterocycles. The molecule has 204 valence electrons. The summed E-state index contributed by atoms with van der Waals surface area (Å²) in [5.74, 6) is 0.153. The van der Waals surface area contributed by atoms with E-state index in [2.05, 4.69) is 6.58 Å². The Hall–Kier alpha value is -4.39. The van der Waals surface area contributed by atoms with Gasteiger partial charge in [-0.2, -0.15) is 0 Å². The fraction of sp³-hybridized carbons (Fsp3) is 0.281. The van der Waals surface area contributed by atoms with Crippen LogP contribution in [0.4, 0.5) is 0 Å². The van der Waals surface area contributed by atoms with E-state index in [1.165, 1.54) is 0 Å². The first-order valence-electron chi connectivity index (χ1n) is 12.8. The van der Waals surface area contributed by atoms with E-state index in [4.69, 9.17) is 18.9 Å². The molecule has 0 atom stereocenters. The third-order valence-electron chi connectivity index (χ3n) is 5.71. The summed E-state index contributed by atoms with van der Waals surface area (Å²) in [7, 11) is 0. The first kappa shape index (κ1) is 29.2. The second kappa shape index (κ2) is 14.5. The lowest BCUT2D eigenvalue weighted by atomic mass is 10.1. The maximum atomic E-state index is 12.8. The van der Waals surface area contributed by atoms with Crippen molar-refractivity contribution in [2.24, 2.45) is 0 Å². The van der Waals surface area contributed by atoms with Crippen LogP contribution in [0.25, 0.3) is 0 Å². The van der Waals surface area contributed by atoms with Crippen molar-refractivity contribution in [2.45, 2.75) is 46.5 Å². The SMILES string of the molecule is C=C(C)C(=O)OCCCCOC1=CCC=C(C(=O)OC2=CC=C(OC(=O)c3ccc(C)cc3)CC(C)=C2)C=C1. The van der Waals surface area contributed by atoms with Crippen LogP contribution >= 0.6 is 0 Å². The average Bonchev–Trinajstić information content (AvgIpc) is 3.24. The molecule has 0 amide bonds. The lowest BCUT2D eigenvalue weighted by Gasteiger charge is -2.08. The molecule has 1 aromatic carbocycles. The number of hydrogen-bond acceptors (Lipinski definition) is 7. The van der Waals surface area contributed by atoms with Crippen LogP contribution in [0.1, 0.15) is 55.5 Å². The molecule has 7 nitrogen and oxygen atoms in total. The number of esters is 3. The van der Waals surface area contributed by atoms with Gasteiger partial charge in [0.05, 0.1) is 24.4 Å². The Bertz CT molecular complexity index is 1280. The number of unbranched alkanes of at least 4 members (excludes halogenated alkanes) is 1.